The highest BCUT2D eigenvalue weighted by molar-refractivity contribution is 5.80. The fourth-order valence-corrected chi connectivity index (χ4v) is 4.33. The summed E-state index contributed by atoms with van der Waals surface area (Å²) in [5.41, 5.74) is 1.06. The number of rotatable bonds is 3. The van der Waals surface area contributed by atoms with E-state index in [9.17, 15) is 4.79 Å². The van der Waals surface area contributed by atoms with Crippen LogP contribution >= 0.6 is 0 Å². The maximum absolute atomic E-state index is 13.0. The van der Waals surface area contributed by atoms with Gasteiger partial charge in [0.25, 0.3) is 0 Å². The van der Waals surface area contributed by atoms with Crippen LogP contribution in [0, 0.1) is 5.92 Å². The van der Waals surface area contributed by atoms with Gasteiger partial charge in [0.2, 0.25) is 5.91 Å². The van der Waals surface area contributed by atoms with Gasteiger partial charge >= 0.3 is 0 Å². The summed E-state index contributed by atoms with van der Waals surface area (Å²) in [6.07, 6.45) is 2.96. The topological polar surface area (TPSA) is 51.2 Å². The summed E-state index contributed by atoms with van der Waals surface area (Å²) in [6, 6.07) is 6.51. The molecule has 4 rings (SSSR count). The number of hydrogen-bond donors (Lipinski definition) is 0. The summed E-state index contributed by atoms with van der Waals surface area (Å²) < 4.78 is 16.7. The van der Waals surface area contributed by atoms with Gasteiger partial charge in [0.05, 0.1) is 13.0 Å². The summed E-state index contributed by atoms with van der Waals surface area (Å²) in [5, 5.41) is 0. The lowest BCUT2D eigenvalue weighted by atomic mass is 9.94. The molecule has 2 saturated heterocycles. The van der Waals surface area contributed by atoms with Gasteiger partial charge in [-0.15, -0.1) is 0 Å². The highest BCUT2D eigenvalue weighted by atomic mass is 16.5. The number of benzene rings is 1. The van der Waals surface area contributed by atoms with Crippen LogP contribution in [-0.4, -0.2) is 74.9 Å². The van der Waals surface area contributed by atoms with Crippen molar-refractivity contribution in [3.63, 3.8) is 0 Å². The molecule has 0 radical (unpaired) electrons. The van der Waals surface area contributed by atoms with E-state index in [4.69, 9.17) is 14.2 Å². The molecule has 26 heavy (non-hydrogen) atoms. The van der Waals surface area contributed by atoms with E-state index in [1.165, 1.54) is 0 Å². The molecule has 0 aromatic heterocycles. The standard InChI is InChI=1S/C20H28N2O4/c1-24-18-4-2-3-15-13-16(14-26-19(15)18)20(23)22-9-7-21(8-10-22)17-5-11-25-12-6-17/h2-4,16-17H,5-14H2,1H3. The van der Waals surface area contributed by atoms with Crippen LogP contribution in [0.1, 0.15) is 18.4 Å². The zero-order valence-corrected chi connectivity index (χ0v) is 15.5. The molecule has 0 aliphatic carbocycles. The number of hydrogen-bond acceptors (Lipinski definition) is 5. The number of nitrogens with zero attached hydrogens (tertiary/aromatic N) is 2. The molecular weight excluding hydrogens is 332 g/mol. The van der Waals surface area contributed by atoms with Crippen LogP contribution < -0.4 is 9.47 Å². The summed E-state index contributed by atoms with van der Waals surface area (Å²) in [6.45, 7) is 5.74. The van der Waals surface area contributed by atoms with Crippen molar-refractivity contribution in [3.8, 4) is 11.5 Å². The Morgan fingerprint density at radius 1 is 1.15 bits per heavy atom. The number of methoxy groups -OCH3 is 1. The Labute approximate surface area is 155 Å². The molecule has 142 valence electrons. The quantitative estimate of drug-likeness (QED) is 0.819. The van der Waals surface area contributed by atoms with Crippen molar-refractivity contribution in [2.45, 2.75) is 25.3 Å². The average Bonchev–Trinajstić information content (AvgIpc) is 2.73. The maximum Gasteiger partial charge on any atom is 0.229 e. The molecule has 1 aromatic carbocycles. The first kappa shape index (κ1) is 17.6. The summed E-state index contributed by atoms with van der Waals surface area (Å²) in [7, 11) is 1.65. The Morgan fingerprint density at radius 2 is 1.92 bits per heavy atom. The van der Waals surface area contributed by atoms with E-state index in [2.05, 4.69) is 4.90 Å². The predicted molar refractivity (Wildman–Crippen MR) is 97.7 cm³/mol. The van der Waals surface area contributed by atoms with Crippen LogP contribution in [0.2, 0.25) is 0 Å². The number of para-hydroxylation sites is 1. The van der Waals surface area contributed by atoms with Gasteiger partial charge in [0.1, 0.15) is 6.61 Å². The van der Waals surface area contributed by atoms with Gasteiger partial charge in [0, 0.05) is 45.4 Å². The van der Waals surface area contributed by atoms with Gasteiger partial charge in [-0.1, -0.05) is 12.1 Å². The minimum Gasteiger partial charge on any atom is -0.493 e. The fraction of sp³-hybridized carbons (Fsp3) is 0.650. The lowest BCUT2D eigenvalue weighted by Crippen LogP contribution is -2.54. The first-order chi connectivity index (χ1) is 12.8. The van der Waals surface area contributed by atoms with Crippen molar-refractivity contribution in [1.29, 1.82) is 0 Å². The van der Waals surface area contributed by atoms with E-state index in [1.807, 2.05) is 23.1 Å². The zero-order valence-electron chi connectivity index (χ0n) is 15.5. The van der Waals surface area contributed by atoms with E-state index in [0.717, 1.165) is 75.7 Å². The molecule has 1 aromatic rings. The van der Waals surface area contributed by atoms with Crippen molar-refractivity contribution in [2.75, 3.05) is 53.1 Å². The third kappa shape index (κ3) is 3.53. The Bertz CT molecular complexity index is 637. The molecule has 3 aliphatic rings. The summed E-state index contributed by atoms with van der Waals surface area (Å²) in [5.74, 6) is 1.68. The molecule has 3 heterocycles. The van der Waals surface area contributed by atoms with Gasteiger partial charge in [-0.3, -0.25) is 9.69 Å². The van der Waals surface area contributed by atoms with Crippen LogP contribution in [-0.2, 0) is 16.0 Å². The van der Waals surface area contributed by atoms with E-state index >= 15 is 0 Å². The third-order valence-corrected chi connectivity index (χ3v) is 5.86. The first-order valence-electron chi connectivity index (χ1n) is 9.65. The van der Waals surface area contributed by atoms with E-state index in [1.54, 1.807) is 7.11 Å². The van der Waals surface area contributed by atoms with Crippen LogP contribution in [0.25, 0.3) is 0 Å². The molecular formula is C20H28N2O4. The summed E-state index contributed by atoms with van der Waals surface area (Å²) >= 11 is 0. The van der Waals surface area contributed by atoms with Gasteiger partial charge < -0.3 is 19.1 Å². The summed E-state index contributed by atoms with van der Waals surface area (Å²) in [4.78, 5) is 17.5. The SMILES string of the molecule is COc1cccc2c1OCC(C(=O)N1CCN(C3CCOCC3)CC1)C2. The fourth-order valence-electron chi connectivity index (χ4n) is 4.33. The highest BCUT2D eigenvalue weighted by Crippen LogP contribution is 2.36. The highest BCUT2D eigenvalue weighted by Gasteiger charge is 2.33. The van der Waals surface area contributed by atoms with Crippen LogP contribution in [0.4, 0.5) is 0 Å². The molecule has 1 unspecified atom stereocenters. The van der Waals surface area contributed by atoms with Crippen molar-refractivity contribution in [1.82, 2.24) is 9.80 Å². The molecule has 2 fully saturated rings. The number of fused-ring (bicyclic) bond motifs is 1. The lowest BCUT2D eigenvalue weighted by molar-refractivity contribution is -0.139. The van der Waals surface area contributed by atoms with Gasteiger partial charge in [-0.05, 0) is 30.9 Å². The number of carbonyl (C=O) groups excluding carboxylic acids is 1. The van der Waals surface area contributed by atoms with Gasteiger partial charge in [-0.25, -0.2) is 0 Å². The monoisotopic (exact) mass is 360 g/mol. The van der Waals surface area contributed by atoms with Gasteiger partial charge in [-0.2, -0.15) is 0 Å². The third-order valence-electron chi connectivity index (χ3n) is 5.86. The van der Waals surface area contributed by atoms with Crippen LogP contribution in [0.3, 0.4) is 0 Å². The van der Waals surface area contributed by atoms with E-state index in [0.29, 0.717) is 12.6 Å². The Kier molecular flexibility index (Phi) is 5.31. The van der Waals surface area contributed by atoms with Crippen LogP contribution in [0.15, 0.2) is 18.2 Å². The average molecular weight is 360 g/mol. The van der Waals surface area contributed by atoms with Crippen molar-refractivity contribution >= 4 is 5.91 Å². The second-order valence-electron chi connectivity index (χ2n) is 7.37. The molecule has 1 amide bonds. The second-order valence-corrected chi connectivity index (χ2v) is 7.37. The Morgan fingerprint density at radius 3 is 2.65 bits per heavy atom. The smallest absolute Gasteiger partial charge is 0.229 e. The zero-order chi connectivity index (χ0) is 17.9. The number of piperazine rings is 1. The second kappa shape index (κ2) is 7.84. The molecule has 0 N–H and O–H groups in total. The molecule has 3 aliphatic heterocycles. The van der Waals surface area contributed by atoms with Crippen LogP contribution in [0.5, 0.6) is 11.5 Å². The minimum atomic E-state index is -0.0933. The molecule has 6 nitrogen and oxygen atoms in total. The number of ether oxygens (including phenoxy) is 3. The molecule has 6 heteroatoms. The van der Waals surface area contributed by atoms with Gasteiger partial charge in [0.15, 0.2) is 11.5 Å². The van der Waals surface area contributed by atoms with Crippen molar-refractivity contribution in [3.05, 3.63) is 23.8 Å². The normalized spacial score (nSPS) is 24.7. The largest absolute Gasteiger partial charge is 0.493 e. The molecule has 0 spiro atoms. The maximum atomic E-state index is 13.0. The van der Waals surface area contributed by atoms with Crippen molar-refractivity contribution < 1.29 is 19.0 Å². The Balaban J connectivity index is 1.34. The number of carbonyl (C=O) groups is 1. The van der Waals surface area contributed by atoms with E-state index < -0.39 is 0 Å². The Hall–Kier alpha value is -1.79. The lowest BCUT2D eigenvalue weighted by Gasteiger charge is -2.41. The predicted octanol–water partition coefficient (Wildman–Crippen LogP) is 1.57. The number of amides is 1. The van der Waals surface area contributed by atoms with E-state index in [-0.39, 0.29) is 11.8 Å². The van der Waals surface area contributed by atoms with Crippen molar-refractivity contribution in [2.24, 2.45) is 5.92 Å². The first-order valence-corrected chi connectivity index (χ1v) is 9.65. The molecule has 0 bridgehead atoms. The molecule has 1 atom stereocenters. The molecule has 0 saturated carbocycles. The minimum absolute atomic E-state index is 0.0933.